The molecule has 1 fully saturated rings. The number of anilines is 2. The first kappa shape index (κ1) is 26.3. The molecule has 9 nitrogen and oxygen atoms in total. The van der Waals surface area contributed by atoms with Crippen LogP contribution in [-0.4, -0.2) is 43.5 Å². The molecule has 196 valence electrons. The van der Waals surface area contributed by atoms with Gasteiger partial charge >= 0.3 is 0 Å². The monoisotopic (exact) mass is 531 g/mol. The number of methoxy groups -OCH3 is 1. The minimum Gasteiger partial charge on any atom is -0.494 e. The minimum absolute atomic E-state index is 0.0497. The zero-order chi connectivity index (χ0) is 27.1. The van der Waals surface area contributed by atoms with Crippen molar-refractivity contribution in [3.63, 3.8) is 0 Å². The molecule has 3 N–H and O–H groups in total. The van der Waals surface area contributed by atoms with Gasteiger partial charge in [-0.15, -0.1) is 0 Å². The second-order valence-corrected chi connectivity index (χ2v) is 11.2. The number of benzene rings is 1. The van der Waals surface area contributed by atoms with Crippen molar-refractivity contribution in [1.82, 2.24) is 14.7 Å². The Morgan fingerprint density at radius 1 is 1.19 bits per heavy atom. The highest BCUT2D eigenvalue weighted by Crippen LogP contribution is 2.39. The fraction of sp³-hybridized carbons (Fsp3) is 0.320. The van der Waals surface area contributed by atoms with E-state index >= 15 is 0 Å². The van der Waals surface area contributed by atoms with Crippen LogP contribution in [0.15, 0.2) is 47.5 Å². The number of pyridine rings is 2. The SMILES string of the molecule is COc1ccc(-c2ccc(C(=O)NS(=O)(=O)c3cccnc3N)c(N3C[C@@H](C)CC3(C)C)n2)c(F)c1F. The highest BCUT2D eigenvalue weighted by atomic mass is 32.2. The molecule has 1 saturated heterocycles. The van der Waals surface area contributed by atoms with Crippen molar-refractivity contribution >= 4 is 27.6 Å². The van der Waals surface area contributed by atoms with Gasteiger partial charge < -0.3 is 15.4 Å². The molecule has 3 heterocycles. The maximum atomic E-state index is 14.9. The van der Waals surface area contributed by atoms with Crippen molar-refractivity contribution in [3.05, 3.63) is 59.8 Å². The average molecular weight is 532 g/mol. The molecule has 0 spiro atoms. The molecular formula is C25H27F2N5O4S. The van der Waals surface area contributed by atoms with E-state index in [0.29, 0.717) is 6.54 Å². The predicted molar refractivity (Wildman–Crippen MR) is 135 cm³/mol. The van der Waals surface area contributed by atoms with Crippen molar-refractivity contribution in [2.24, 2.45) is 5.92 Å². The summed E-state index contributed by atoms with van der Waals surface area (Å²) in [5.41, 5.74) is 5.14. The van der Waals surface area contributed by atoms with Crippen LogP contribution in [0.4, 0.5) is 20.4 Å². The lowest BCUT2D eigenvalue weighted by atomic mass is 9.97. The number of hydrogen-bond acceptors (Lipinski definition) is 8. The highest BCUT2D eigenvalue weighted by molar-refractivity contribution is 7.90. The summed E-state index contributed by atoms with van der Waals surface area (Å²) in [5, 5.41) is 0. The van der Waals surface area contributed by atoms with E-state index in [1.165, 1.54) is 49.7 Å². The van der Waals surface area contributed by atoms with E-state index in [4.69, 9.17) is 10.5 Å². The topological polar surface area (TPSA) is 128 Å². The molecule has 0 bridgehead atoms. The summed E-state index contributed by atoms with van der Waals surface area (Å²) in [5.74, 6) is -3.40. The summed E-state index contributed by atoms with van der Waals surface area (Å²) >= 11 is 0. The van der Waals surface area contributed by atoms with Crippen molar-refractivity contribution in [2.75, 3.05) is 24.3 Å². The Morgan fingerprint density at radius 2 is 1.92 bits per heavy atom. The van der Waals surface area contributed by atoms with Crippen molar-refractivity contribution < 1.29 is 26.7 Å². The average Bonchev–Trinajstić information content (AvgIpc) is 3.11. The third-order valence-electron chi connectivity index (χ3n) is 6.31. The first-order valence-corrected chi connectivity index (χ1v) is 12.9. The number of amides is 1. The zero-order valence-electron chi connectivity index (χ0n) is 20.7. The molecule has 0 saturated carbocycles. The Balaban J connectivity index is 1.82. The zero-order valence-corrected chi connectivity index (χ0v) is 21.6. The quantitative estimate of drug-likeness (QED) is 0.492. The van der Waals surface area contributed by atoms with Gasteiger partial charge in [0.05, 0.1) is 18.4 Å². The number of aromatic nitrogens is 2. The lowest BCUT2D eigenvalue weighted by Crippen LogP contribution is -2.41. The van der Waals surface area contributed by atoms with Crippen LogP contribution in [0.25, 0.3) is 11.3 Å². The van der Waals surface area contributed by atoms with E-state index in [0.717, 1.165) is 6.42 Å². The number of hydrogen-bond donors (Lipinski definition) is 2. The number of carbonyl (C=O) groups excluding carboxylic acids is 1. The number of ether oxygens (including phenoxy) is 1. The highest BCUT2D eigenvalue weighted by Gasteiger charge is 2.39. The van der Waals surface area contributed by atoms with Gasteiger partial charge in [0.15, 0.2) is 11.6 Å². The van der Waals surface area contributed by atoms with Crippen molar-refractivity contribution in [3.8, 4) is 17.0 Å². The van der Waals surface area contributed by atoms with Gasteiger partial charge in [0, 0.05) is 23.8 Å². The molecule has 3 aromatic rings. The van der Waals surface area contributed by atoms with E-state index < -0.39 is 33.1 Å². The summed E-state index contributed by atoms with van der Waals surface area (Å²) < 4.78 is 61.9. The minimum atomic E-state index is -4.36. The molecule has 1 aliphatic heterocycles. The number of nitrogens with zero attached hydrogens (tertiary/aromatic N) is 3. The number of carbonyl (C=O) groups is 1. The van der Waals surface area contributed by atoms with Gasteiger partial charge in [0.2, 0.25) is 5.82 Å². The molecule has 2 aromatic heterocycles. The number of nitrogens with one attached hydrogen (secondary N) is 1. The third-order valence-corrected chi connectivity index (χ3v) is 7.69. The van der Waals surface area contributed by atoms with Crippen LogP contribution in [0.5, 0.6) is 5.75 Å². The molecule has 1 amide bonds. The second kappa shape index (κ2) is 9.58. The van der Waals surface area contributed by atoms with E-state index in [-0.39, 0.29) is 45.0 Å². The van der Waals surface area contributed by atoms with Crippen molar-refractivity contribution in [2.45, 2.75) is 37.6 Å². The van der Waals surface area contributed by atoms with Crippen LogP contribution >= 0.6 is 0 Å². The standard InChI is InChI=1S/C25H27F2N5O4S/c1-14-12-25(2,3)32(13-14)23-16(24(33)31-37(34,35)19-6-5-11-29-22(19)28)7-9-17(30-23)15-8-10-18(36-4)21(27)20(15)26/h5-11,14H,12-13H2,1-4H3,(H2,28,29)(H,31,33)/t14-/m0/s1. The van der Waals surface area contributed by atoms with Crippen LogP contribution in [0, 0.1) is 17.6 Å². The van der Waals surface area contributed by atoms with E-state index in [9.17, 15) is 22.0 Å². The van der Waals surface area contributed by atoms with Crippen molar-refractivity contribution in [1.29, 1.82) is 0 Å². The van der Waals surface area contributed by atoms with Gasteiger partial charge in [-0.2, -0.15) is 4.39 Å². The number of nitrogen functional groups attached to an aromatic ring is 1. The number of halogens is 2. The van der Waals surface area contributed by atoms with E-state index in [1.807, 2.05) is 30.4 Å². The lowest BCUT2D eigenvalue weighted by molar-refractivity contribution is 0.0981. The molecule has 37 heavy (non-hydrogen) atoms. The van der Waals surface area contributed by atoms with Crippen LogP contribution < -0.4 is 20.1 Å². The largest absolute Gasteiger partial charge is 0.494 e. The Morgan fingerprint density at radius 3 is 2.54 bits per heavy atom. The van der Waals surface area contributed by atoms with Crippen LogP contribution in [0.1, 0.15) is 37.6 Å². The fourth-order valence-electron chi connectivity index (χ4n) is 4.69. The summed E-state index contributed by atoms with van der Waals surface area (Å²) in [4.78, 5) is 23.1. The fourth-order valence-corrected chi connectivity index (χ4v) is 5.74. The van der Waals surface area contributed by atoms with Crippen LogP contribution in [-0.2, 0) is 10.0 Å². The van der Waals surface area contributed by atoms with Gasteiger partial charge in [-0.1, -0.05) is 6.92 Å². The molecular weight excluding hydrogens is 504 g/mol. The smallest absolute Gasteiger partial charge is 0.268 e. The molecule has 0 radical (unpaired) electrons. The van der Waals surface area contributed by atoms with E-state index in [1.54, 1.807) is 0 Å². The van der Waals surface area contributed by atoms with Crippen LogP contribution in [0.3, 0.4) is 0 Å². The normalized spacial score (nSPS) is 17.0. The molecule has 1 aromatic carbocycles. The molecule has 4 rings (SSSR count). The van der Waals surface area contributed by atoms with Gasteiger partial charge in [-0.05, 0) is 62.6 Å². The maximum Gasteiger partial charge on any atom is 0.268 e. The number of rotatable bonds is 6. The van der Waals surface area contributed by atoms with Gasteiger partial charge in [-0.25, -0.2) is 27.5 Å². The summed E-state index contributed by atoms with van der Waals surface area (Å²) in [6.07, 6.45) is 2.10. The number of sulfonamides is 1. The molecule has 1 aliphatic rings. The third kappa shape index (κ3) is 4.93. The van der Waals surface area contributed by atoms with E-state index in [2.05, 4.69) is 9.97 Å². The molecule has 1 atom stereocenters. The molecule has 12 heteroatoms. The van der Waals surface area contributed by atoms with Crippen LogP contribution in [0.2, 0.25) is 0 Å². The Kier molecular flexibility index (Phi) is 6.80. The van der Waals surface area contributed by atoms with Gasteiger partial charge in [0.25, 0.3) is 15.9 Å². The summed E-state index contributed by atoms with van der Waals surface area (Å²) in [7, 11) is -3.13. The Bertz CT molecular complexity index is 1480. The molecule has 0 unspecified atom stereocenters. The first-order valence-electron chi connectivity index (χ1n) is 11.4. The molecule has 0 aliphatic carbocycles. The first-order chi connectivity index (χ1) is 17.4. The summed E-state index contributed by atoms with van der Waals surface area (Å²) in [6, 6.07) is 7.90. The second-order valence-electron chi connectivity index (χ2n) is 9.56. The Hall–Kier alpha value is -3.80. The Labute approximate surface area is 213 Å². The summed E-state index contributed by atoms with van der Waals surface area (Å²) in [6.45, 7) is 6.49. The maximum absolute atomic E-state index is 14.9. The lowest BCUT2D eigenvalue weighted by Gasteiger charge is -2.34. The van der Waals surface area contributed by atoms with Gasteiger partial charge in [-0.3, -0.25) is 4.79 Å². The predicted octanol–water partition coefficient (Wildman–Crippen LogP) is 3.76. The number of nitrogens with two attached hydrogens (primary N) is 1. The van der Waals surface area contributed by atoms with Gasteiger partial charge in [0.1, 0.15) is 16.5 Å².